The summed E-state index contributed by atoms with van der Waals surface area (Å²) < 4.78 is 40.0. The molecular weight excluding hydrogens is 353 g/mol. The lowest BCUT2D eigenvalue weighted by molar-refractivity contribution is -0.140. The summed E-state index contributed by atoms with van der Waals surface area (Å²) in [5, 5.41) is 14.2. The smallest absolute Gasteiger partial charge is 0.354 e. The Morgan fingerprint density at radius 2 is 2.08 bits per heavy atom. The number of aromatic nitrogens is 5. The topological polar surface area (TPSA) is 59.2 Å². The van der Waals surface area contributed by atoms with Crippen molar-refractivity contribution in [1.82, 2.24) is 24.8 Å². The standard InChI is InChI=1S/C15H15F3N6S/c1-9-20-21-12-4-5-13(22-24(9)12)23-6-2-3-10(7-23)14-19-11(8-25-14)15(16,17)18/h4-5,8,10H,2-3,6-7H2,1H3. The normalized spacial score (nSPS) is 18.9. The van der Waals surface area contributed by atoms with Crippen molar-refractivity contribution < 1.29 is 13.2 Å². The van der Waals surface area contributed by atoms with Crippen LogP contribution < -0.4 is 4.90 Å². The van der Waals surface area contributed by atoms with Gasteiger partial charge in [0.25, 0.3) is 0 Å². The van der Waals surface area contributed by atoms with E-state index in [0.717, 1.165) is 41.9 Å². The van der Waals surface area contributed by atoms with Crippen molar-refractivity contribution in [3.8, 4) is 0 Å². The maximum absolute atomic E-state index is 12.8. The second kappa shape index (κ2) is 5.94. The molecule has 0 bridgehead atoms. The zero-order chi connectivity index (χ0) is 17.6. The summed E-state index contributed by atoms with van der Waals surface area (Å²) in [5.41, 5.74) is -0.131. The first kappa shape index (κ1) is 16.2. The second-order valence-corrected chi connectivity index (χ2v) is 6.95. The molecule has 6 nitrogen and oxygen atoms in total. The van der Waals surface area contributed by atoms with Gasteiger partial charge in [0.15, 0.2) is 17.2 Å². The molecule has 1 saturated heterocycles. The number of nitrogens with zero attached hydrogens (tertiary/aromatic N) is 6. The van der Waals surface area contributed by atoms with Crippen LogP contribution >= 0.6 is 11.3 Å². The zero-order valence-corrected chi connectivity index (χ0v) is 14.2. The molecule has 0 aromatic carbocycles. The highest BCUT2D eigenvalue weighted by molar-refractivity contribution is 7.09. The summed E-state index contributed by atoms with van der Waals surface area (Å²) in [6.07, 6.45) is -2.68. The molecule has 3 aromatic rings. The highest BCUT2D eigenvalue weighted by Crippen LogP contribution is 2.35. The first-order valence-corrected chi connectivity index (χ1v) is 8.76. The lowest BCUT2D eigenvalue weighted by atomic mass is 9.99. The summed E-state index contributed by atoms with van der Waals surface area (Å²) in [6.45, 7) is 3.24. The van der Waals surface area contributed by atoms with E-state index >= 15 is 0 Å². The van der Waals surface area contributed by atoms with Crippen LogP contribution in [0.5, 0.6) is 0 Å². The minimum absolute atomic E-state index is 0.0191. The molecule has 1 atom stereocenters. The maximum atomic E-state index is 12.8. The fourth-order valence-electron chi connectivity index (χ4n) is 3.05. The Balaban J connectivity index is 1.57. The summed E-state index contributed by atoms with van der Waals surface area (Å²) in [5.74, 6) is 1.45. The molecule has 25 heavy (non-hydrogen) atoms. The second-order valence-electron chi connectivity index (χ2n) is 6.06. The van der Waals surface area contributed by atoms with Crippen molar-refractivity contribution >= 4 is 22.8 Å². The largest absolute Gasteiger partial charge is 0.434 e. The third kappa shape index (κ3) is 3.06. The minimum atomic E-state index is -4.39. The molecule has 0 saturated carbocycles. The van der Waals surface area contributed by atoms with Gasteiger partial charge in [-0.05, 0) is 31.9 Å². The van der Waals surface area contributed by atoms with Crippen LogP contribution in [0.3, 0.4) is 0 Å². The van der Waals surface area contributed by atoms with E-state index in [1.807, 2.05) is 19.1 Å². The molecule has 4 heterocycles. The van der Waals surface area contributed by atoms with Gasteiger partial charge in [0.2, 0.25) is 0 Å². The van der Waals surface area contributed by atoms with Crippen LogP contribution in [-0.4, -0.2) is 37.9 Å². The predicted octanol–water partition coefficient (Wildman–Crippen LogP) is 3.29. The molecule has 132 valence electrons. The first-order chi connectivity index (χ1) is 11.9. The van der Waals surface area contributed by atoms with Gasteiger partial charge in [-0.25, -0.2) is 4.98 Å². The van der Waals surface area contributed by atoms with E-state index in [1.54, 1.807) is 4.52 Å². The van der Waals surface area contributed by atoms with Gasteiger partial charge >= 0.3 is 6.18 Å². The van der Waals surface area contributed by atoms with Crippen LogP contribution in [0.25, 0.3) is 5.65 Å². The third-order valence-electron chi connectivity index (χ3n) is 4.31. The van der Waals surface area contributed by atoms with Gasteiger partial charge in [-0.2, -0.15) is 17.7 Å². The Morgan fingerprint density at radius 1 is 1.24 bits per heavy atom. The predicted molar refractivity (Wildman–Crippen MR) is 86.8 cm³/mol. The van der Waals surface area contributed by atoms with Crippen molar-refractivity contribution in [2.45, 2.75) is 31.9 Å². The Labute approximate surface area is 145 Å². The number of rotatable bonds is 2. The summed E-state index contributed by atoms with van der Waals surface area (Å²) in [4.78, 5) is 5.90. The highest BCUT2D eigenvalue weighted by Gasteiger charge is 2.35. The first-order valence-electron chi connectivity index (χ1n) is 7.88. The number of aryl methyl sites for hydroxylation is 1. The Hall–Kier alpha value is -2.23. The number of piperidine rings is 1. The van der Waals surface area contributed by atoms with Crippen LogP contribution in [0.1, 0.15) is 35.3 Å². The number of hydrogen-bond acceptors (Lipinski definition) is 6. The maximum Gasteiger partial charge on any atom is 0.434 e. The lowest BCUT2D eigenvalue weighted by Crippen LogP contribution is -2.35. The molecule has 0 N–H and O–H groups in total. The van der Waals surface area contributed by atoms with E-state index in [4.69, 9.17) is 0 Å². The lowest BCUT2D eigenvalue weighted by Gasteiger charge is -2.32. The molecule has 1 fully saturated rings. The van der Waals surface area contributed by atoms with Crippen molar-refractivity contribution in [2.24, 2.45) is 0 Å². The summed E-state index contributed by atoms with van der Waals surface area (Å²) in [7, 11) is 0. The number of fused-ring (bicyclic) bond motifs is 1. The molecule has 3 aromatic heterocycles. The Bertz CT molecular complexity index is 902. The SMILES string of the molecule is Cc1nnc2ccc(N3CCCC(c4nc(C(F)(F)F)cs4)C3)nn12. The van der Waals surface area contributed by atoms with E-state index in [0.29, 0.717) is 23.0 Å². The van der Waals surface area contributed by atoms with Crippen LogP contribution in [-0.2, 0) is 6.18 Å². The highest BCUT2D eigenvalue weighted by atomic mass is 32.1. The van der Waals surface area contributed by atoms with Crippen molar-refractivity contribution in [3.63, 3.8) is 0 Å². The number of hydrogen-bond donors (Lipinski definition) is 0. The quantitative estimate of drug-likeness (QED) is 0.695. The molecule has 1 aliphatic heterocycles. The monoisotopic (exact) mass is 368 g/mol. The van der Waals surface area contributed by atoms with Gasteiger partial charge < -0.3 is 4.90 Å². The van der Waals surface area contributed by atoms with E-state index in [-0.39, 0.29) is 5.92 Å². The van der Waals surface area contributed by atoms with Crippen LogP contribution in [0.15, 0.2) is 17.5 Å². The fourth-order valence-corrected chi connectivity index (χ4v) is 4.00. The molecule has 1 unspecified atom stereocenters. The average Bonchev–Trinajstić information content (AvgIpc) is 3.22. The van der Waals surface area contributed by atoms with E-state index in [2.05, 4.69) is 25.2 Å². The van der Waals surface area contributed by atoms with Crippen molar-refractivity contribution in [2.75, 3.05) is 18.0 Å². The molecule has 0 aliphatic carbocycles. The average molecular weight is 368 g/mol. The van der Waals surface area contributed by atoms with Gasteiger partial charge in [0.1, 0.15) is 5.82 Å². The van der Waals surface area contributed by atoms with Crippen LogP contribution in [0, 0.1) is 6.92 Å². The van der Waals surface area contributed by atoms with Gasteiger partial charge in [-0.3, -0.25) is 0 Å². The molecule has 1 aliphatic rings. The van der Waals surface area contributed by atoms with E-state index in [1.165, 1.54) is 0 Å². The number of thiazole rings is 1. The molecule has 4 rings (SSSR count). The van der Waals surface area contributed by atoms with Crippen LogP contribution in [0.4, 0.5) is 19.0 Å². The number of halogens is 3. The fraction of sp³-hybridized carbons (Fsp3) is 0.467. The molecule has 0 spiro atoms. The number of alkyl halides is 3. The summed E-state index contributed by atoms with van der Waals surface area (Å²) in [6, 6.07) is 3.71. The van der Waals surface area contributed by atoms with Gasteiger partial charge in [0, 0.05) is 24.4 Å². The van der Waals surface area contributed by atoms with Gasteiger partial charge in [-0.15, -0.1) is 26.6 Å². The van der Waals surface area contributed by atoms with Crippen LogP contribution in [0.2, 0.25) is 0 Å². The van der Waals surface area contributed by atoms with Gasteiger partial charge in [0.05, 0.1) is 5.01 Å². The van der Waals surface area contributed by atoms with Crippen molar-refractivity contribution in [1.29, 1.82) is 0 Å². The van der Waals surface area contributed by atoms with E-state index < -0.39 is 11.9 Å². The third-order valence-corrected chi connectivity index (χ3v) is 5.32. The Kier molecular flexibility index (Phi) is 3.86. The zero-order valence-electron chi connectivity index (χ0n) is 13.4. The molecule has 0 amide bonds. The van der Waals surface area contributed by atoms with Crippen molar-refractivity contribution in [3.05, 3.63) is 34.0 Å². The number of anilines is 1. The molecular formula is C15H15F3N6S. The minimum Gasteiger partial charge on any atom is -0.354 e. The van der Waals surface area contributed by atoms with Gasteiger partial charge in [-0.1, -0.05) is 0 Å². The summed E-state index contributed by atoms with van der Waals surface area (Å²) >= 11 is 1.08. The van der Waals surface area contributed by atoms with E-state index in [9.17, 15) is 13.2 Å². The molecule has 10 heteroatoms. The Morgan fingerprint density at radius 3 is 2.84 bits per heavy atom. The molecule has 0 radical (unpaired) electrons.